The standard InChI is InChI=1S/C15H25N3O2/c1-11(16-4)12-6-8-13(9-7-12)17-14(20)18(5)15(2,3)10-19/h6-9,11,16,19H,10H2,1-5H3,(H,17,20). The van der Waals surface area contributed by atoms with Crippen molar-refractivity contribution >= 4 is 11.7 Å². The Kier molecular flexibility index (Phi) is 5.53. The summed E-state index contributed by atoms with van der Waals surface area (Å²) in [6.45, 7) is 5.61. The van der Waals surface area contributed by atoms with Gasteiger partial charge in [-0.3, -0.25) is 0 Å². The molecule has 20 heavy (non-hydrogen) atoms. The van der Waals surface area contributed by atoms with Gasteiger partial charge in [0.25, 0.3) is 0 Å². The summed E-state index contributed by atoms with van der Waals surface area (Å²) in [5.41, 5.74) is 1.31. The van der Waals surface area contributed by atoms with Crippen molar-refractivity contribution in [1.82, 2.24) is 10.2 Å². The zero-order chi connectivity index (χ0) is 15.3. The Bertz CT molecular complexity index is 443. The Morgan fingerprint density at radius 2 is 1.90 bits per heavy atom. The Morgan fingerprint density at radius 3 is 2.35 bits per heavy atom. The van der Waals surface area contributed by atoms with Crippen LogP contribution in [0.15, 0.2) is 24.3 Å². The number of rotatable bonds is 5. The fraction of sp³-hybridized carbons (Fsp3) is 0.533. The fourth-order valence-corrected chi connectivity index (χ4v) is 1.61. The van der Waals surface area contributed by atoms with E-state index in [9.17, 15) is 9.90 Å². The van der Waals surface area contributed by atoms with E-state index in [0.717, 1.165) is 11.3 Å². The number of amides is 2. The van der Waals surface area contributed by atoms with Crippen molar-refractivity contribution in [2.24, 2.45) is 0 Å². The van der Waals surface area contributed by atoms with Gasteiger partial charge in [-0.2, -0.15) is 0 Å². The second kappa shape index (κ2) is 6.72. The number of aliphatic hydroxyl groups is 1. The topological polar surface area (TPSA) is 64.6 Å². The van der Waals surface area contributed by atoms with Gasteiger partial charge in [-0.05, 0) is 45.5 Å². The molecule has 0 aliphatic carbocycles. The second-order valence-electron chi connectivity index (χ2n) is 5.59. The molecule has 0 fully saturated rings. The number of aliphatic hydroxyl groups excluding tert-OH is 1. The number of nitrogens with zero attached hydrogens (tertiary/aromatic N) is 1. The number of likely N-dealkylation sites (N-methyl/N-ethyl adjacent to an activating group) is 1. The van der Waals surface area contributed by atoms with E-state index in [-0.39, 0.29) is 18.7 Å². The van der Waals surface area contributed by atoms with Gasteiger partial charge in [-0.25, -0.2) is 4.79 Å². The van der Waals surface area contributed by atoms with Gasteiger partial charge in [-0.1, -0.05) is 12.1 Å². The zero-order valence-corrected chi connectivity index (χ0v) is 12.9. The maximum atomic E-state index is 12.1. The van der Waals surface area contributed by atoms with Crippen LogP contribution in [0.3, 0.4) is 0 Å². The predicted octanol–water partition coefficient (Wildman–Crippen LogP) is 2.20. The van der Waals surface area contributed by atoms with E-state index < -0.39 is 5.54 Å². The summed E-state index contributed by atoms with van der Waals surface area (Å²) in [7, 11) is 3.58. The lowest BCUT2D eigenvalue weighted by molar-refractivity contribution is 0.104. The maximum absolute atomic E-state index is 12.1. The maximum Gasteiger partial charge on any atom is 0.322 e. The van der Waals surface area contributed by atoms with Crippen LogP contribution >= 0.6 is 0 Å². The van der Waals surface area contributed by atoms with Crippen LogP contribution in [0.1, 0.15) is 32.4 Å². The van der Waals surface area contributed by atoms with Crippen molar-refractivity contribution in [3.63, 3.8) is 0 Å². The smallest absolute Gasteiger partial charge is 0.322 e. The third kappa shape index (κ3) is 3.95. The molecule has 2 amide bonds. The number of urea groups is 1. The Labute approximate surface area is 121 Å². The van der Waals surface area contributed by atoms with Gasteiger partial charge in [0.1, 0.15) is 0 Å². The van der Waals surface area contributed by atoms with Gasteiger partial charge in [0, 0.05) is 18.8 Å². The third-order valence-electron chi connectivity index (χ3n) is 3.69. The van der Waals surface area contributed by atoms with E-state index in [0.29, 0.717) is 0 Å². The summed E-state index contributed by atoms with van der Waals surface area (Å²) in [5, 5.41) is 15.3. The lowest BCUT2D eigenvalue weighted by Gasteiger charge is -2.33. The molecule has 0 aliphatic heterocycles. The molecule has 0 saturated heterocycles. The van der Waals surface area contributed by atoms with Crippen molar-refractivity contribution in [2.75, 3.05) is 26.0 Å². The predicted molar refractivity (Wildman–Crippen MR) is 81.9 cm³/mol. The van der Waals surface area contributed by atoms with Gasteiger partial charge in [0.05, 0.1) is 12.1 Å². The molecule has 0 heterocycles. The SMILES string of the molecule is CNC(C)c1ccc(NC(=O)N(C)C(C)(C)CO)cc1. The van der Waals surface area contributed by atoms with Crippen molar-refractivity contribution in [3.05, 3.63) is 29.8 Å². The molecule has 112 valence electrons. The lowest BCUT2D eigenvalue weighted by atomic mass is 10.1. The van der Waals surface area contributed by atoms with Crippen LogP contribution in [0, 0.1) is 0 Å². The van der Waals surface area contributed by atoms with E-state index in [1.54, 1.807) is 7.05 Å². The van der Waals surface area contributed by atoms with Crippen LogP contribution in [0.25, 0.3) is 0 Å². The molecule has 0 spiro atoms. The molecule has 0 radical (unpaired) electrons. The van der Waals surface area contributed by atoms with Crippen molar-refractivity contribution in [3.8, 4) is 0 Å². The molecule has 1 unspecified atom stereocenters. The highest BCUT2D eigenvalue weighted by molar-refractivity contribution is 5.89. The van der Waals surface area contributed by atoms with Crippen LogP contribution in [-0.2, 0) is 0 Å². The summed E-state index contributed by atoms with van der Waals surface area (Å²) >= 11 is 0. The van der Waals surface area contributed by atoms with Crippen molar-refractivity contribution in [1.29, 1.82) is 0 Å². The summed E-state index contributed by atoms with van der Waals surface area (Å²) in [5.74, 6) is 0. The minimum Gasteiger partial charge on any atom is -0.394 e. The first-order valence-corrected chi connectivity index (χ1v) is 6.74. The fourth-order valence-electron chi connectivity index (χ4n) is 1.61. The number of anilines is 1. The Balaban J connectivity index is 2.72. The van der Waals surface area contributed by atoms with Crippen LogP contribution in [-0.4, -0.2) is 42.3 Å². The van der Waals surface area contributed by atoms with Crippen LogP contribution in [0.2, 0.25) is 0 Å². The quantitative estimate of drug-likeness (QED) is 0.774. The second-order valence-corrected chi connectivity index (χ2v) is 5.59. The molecule has 1 aromatic carbocycles. The largest absolute Gasteiger partial charge is 0.394 e. The van der Waals surface area contributed by atoms with Gasteiger partial charge in [0.2, 0.25) is 0 Å². The molecule has 0 aliphatic rings. The molecular formula is C15H25N3O2. The highest BCUT2D eigenvalue weighted by Crippen LogP contribution is 2.17. The van der Waals surface area contributed by atoms with Crippen LogP contribution < -0.4 is 10.6 Å². The Morgan fingerprint density at radius 1 is 1.35 bits per heavy atom. The molecular weight excluding hydrogens is 254 g/mol. The minimum absolute atomic E-state index is 0.0878. The van der Waals surface area contributed by atoms with E-state index in [1.165, 1.54) is 4.90 Å². The van der Waals surface area contributed by atoms with Gasteiger partial charge in [-0.15, -0.1) is 0 Å². The van der Waals surface area contributed by atoms with Gasteiger partial charge >= 0.3 is 6.03 Å². The van der Waals surface area contributed by atoms with E-state index in [2.05, 4.69) is 17.6 Å². The number of carbonyl (C=O) groups is 1. The first-order chi connectivity index (χ1) is 9.31. The van der Waals surface area contributed by atoms with E-state index in [1.807, 2.05) is 45.2 Å². The Hall–Kier alpha value is -1.59. The summed E-state index contributed by atoms with van der Waals surface area (Å²) in [6.07, 6.45) is 0. The average molecular weight is 279 g/mol. The first kappa shape index (κ1) is 16.5. The number of hydrogen-bond donors (Lipinski definition) is 3. The van der Waals surface area contributed by atoms with Crippen LogP contribution in [0.4, 0.5) is 10.5 Å². The number of hydrogen-bond acceptors (Lipinski definition) is 3. The zero-order valence-electron chi connectivity index (χ0n) is 12.9. The molecule has 0 saturated carbocycles. The summed E-state index contributed by atoms with van der Waals surface area (Å²) in [4.78, 5) is 13.6. The van der Waals surface area contributed by atoms with E-state index >= 15 is 0 Å². The molecule has 1 atom stereocenters. The minimum atomic E-state index is -0.593. The molecule has 0 aromatic heterocycles. The third-order valence-corrected chi connectivity index (χ3v) is 3.69. The summed E-state index contributed by atoms with van der Waals surface area (Å²) in [6, 6.07) is 7.75. The van der Waals surface area contributed by atoms with Crippen molar-refractivity contribution < 1.29 is 9.90 Å². The average Bonchev–Trinajstić information content (AvgIpc) is 2.46. The van der Waals surface area contributed by atoms with Crippen LogP contribution in [0.5, 0.6) is 0 Å². The monoisotopic (exact) mass is 279 g/mol. The number of carbonyl (C=O) groups excluding carboxylic acids is 1. The normalized spacial score (nSPS) is 12.9. The molecule has 0 bridgehead atoms. The van der Waals surface area contributed by atoms with Crippen molar-refractivity contribution in [2.45, 2.75) is 32.4 Å². The summed E-state index contributed by atoms with van der Waals surface area (Å²) < 4.78 is 0. The highest BCUT2D eigenvalue weighted by Gasteiger charge is 2.26. The lowest BCUT2D eigenvalue weighted by Crippen LogP contribution is -2.49. The molecule has 1 rings (SSSR count). The molecule has 5 nitrogen and oxygen atoms in total. The van der Waals surface area contributed by atoms with Gasteiger partial charge in [0.15, 0.2) is 0 Å². The number of benzene rings is 1. The molecule has 3 N–H and O–H groups in total. The molecule has 1 aromatic rings. The van der Waals surface area contributed by atoms with E-state index in [4.69, 9.17) is 0 Å². The molecule has 5 heteroatoms. The highest BCUT2D eigenvalue weighted by atomic mass is 16.3. The first-order valence-electron chi connectivity index (χ1n) is 6.74. The number of nitrogens with one attached hydrogen (secondary N) is 2. The van der Waals surface area contributed by atoms with Gasteiger partial charge < -0.3 is 20.6 Å².